The van der Waals surface area contributed by atoms with Crippen LogP contribution in [0.15, 0.2) is 48.5 Å². The Bertz CT molecular complexity index is 590. The molecule has 0 amide bonds. The Labute approximate surface area is 128 Å². The molecule has 0 bridgehead atoms. The van der Waals surface area contributed by atoms with E-state index in [1.807, 2.05) is 42.5 Å². The van der Waals surface area contributed by atoms with E-state index in [2.05, 4.69) is 5.32 Å². The second kappa shape index (κ2) is 7.12. The van der Waals surface area contributed by atoms with Gasteiger partial charge >= 0.3 is 0 Å². The van der Waals surface area contributed by atoms with Crippen LogP contribution >= 0.6 is 23.8 Å². The molecule has 0 spiro atoms. The van der Waals surface area contributed by atoms with Crippen molar-refractivity contribution < 1.29 is 4.74 Å². The van der Waals surface area contributed by atoms with Crippen LogP contribution in [0.25, 0.3) is 0 Å². The van der Waals surface area contributed by atoms with Gasteiger partial charge in [-0.05, 0) is 30.3 Å². The van der Waals surface area contributed by atoms with Gasteiger partial charge in [-0.1, -0.05) is 42.0 Å². The molecule has 0 unspecified atom stereocenters. The molecule has 3 N–H and O–H groups in total. The number of para-hydroxylation sites is 1. The van der Waals surface area contributed by atoms with Crippen molar-refractivity contribution in [1.82, 2.24) is 0 Å². The highest BCUT2D eigenvalue weighted by Crippen LogP contribution is 2.22. The van der Waals surface area contributed by atoms with E-state index in [4.69, 9.17) is 34.3 Å². The highest BCUT2D eigenvalue weighted by Gasteiger charge is 2.03. The molecule has 0 aromatic heterocycles. The summed E-state index contributed by atoms with van der Waals surface area (Å²) in [5.74, 6) is 0.851. The molecule has 104 valence electrons. The van der Waals surface area contributed by atoms with Crippen molar-refractivity contribution >= 4 is 34.5 Å². The fourth-order valence-electron chi connectivity index (χ4n) is 1.68. The molecule has 0 saturated heterocycles. The highest BCUT2D eigenvalue weighted by atomic mass is 35.5. The van der Waals surface area contributed by atoms with Gasteiger partial charge in [0.15, 0.2) is 0 Å². The van der Waals surface area contributed by atoms with E-state index in [1.165, 1.54) is 0 Å². The summed E-state index contributed by atoms with van der Waals surface area (Å²) in [6.07, 6.45) is 0. The van der Waals surface area contributed by atoms with E-state index in [0.717, 1.165) is 17.0 Å². The number of thiocarbonyl (C=S) groups is 1. The first-order chi connectivity index (χ1) is 9.66. The Morgan fingerprint density at radius 3 is 2.60 bits per heavy atom. The fourth-order valence-corrected chi connectivity index (χ4v) is 2.06. The van der Waals surface area contributed by atoms with Crippen LogP contribution in [-0.4, -0.2) is 18.1 Å². The minimum atomic E-state index is 0.339. The lowest BCUT2D eigenvalue weighted by atomic mass is 10.2. The molecule has 2 aromatic rings. The van der Waals surface area contributed by atoms with Gasteiger partial charge in [0, 0.05) is 12.1 Å². The summed E-state index contributed by atoms with van der Waals surface area (Å²) in [4.78, 5) is 0.339. The lowest BCUT2D eigenvalue weighted by Gasteiger charge is -2.10. The monoisotopic (exact) mass is 306 g/mol. The Hall–Kier alpha value is -1.78. The van der Waals surface area contributed by atoms with E-state index in [-0.39, 0.29) is 0 Å². The highest BCUT2D eigenvalue weighted by molar-refractivity contribution is 7.80. The van der Waals surface area contributed by atoms with Crippen molar-refractivity contribution in [2.24, 2.45) is 5.73 Å². The lowest BCUT2D eigenvalue weighted by molar-refractivity contribution is 0.333. The van der Waals surface area contributed by atoms with Crippen molar-refractivity contribution in [3.8, 4) is 5.75 Å². The van der Waals surface area contributed by atoms with Crippen LogP contribution in [0, 0.1) is 0 Å². The smallest absolute Gasteiger partial charge is 0.119 e. The standard InChI is InChI=1S/C15H15ClN2OS/c16-13-10-11(15(17)20)6-7-14(13)18-8-9-19-12-4-2-1-3-5-12/h1-7,10,18H,8-9H2,(H2,17,20). The van der Waals surface area contributed by atoms with Gasteiger partial charge in [-0.25, -0.2) is 0 Å². The maximum Gasteiger partial charge on any atom is 0.119 e. The minimum Gasteiger partial charge on any atom is -0.492 e. The van der Waals surface area contributed by atoms with Gasteiger partial charge in [-0.2, -0.15) is 0 Å². The zero-order chi connectivity index (χ0) is 14.4. The predicted octanol–water partition coefficient (Wildman–Crippen LogP) is 3.47. The molecule has 0 radical (unpaired) electrons. The molecule has 0 aliphatic heterocycles. The summed E-state index contributed by atoms with van der Waals surface area (Å²) >= 11 is 11.1. The molecule has 5 heteroatoms. The SMILES string of the molecule is NC(=S)c1ccc(NCCOc2ccccc2)c(Cl)c1. The second-order valence-electron chi connectivity index (χ2n) is 4.15. The summed E-state index contributed by atoms with van der Waals surface area (Å²) in [5.41, 5.74) is 7.15. The number of rotatable bonds is 6. The largest absolute Gasteiger partial charge is 0.492 e. The van der Waals surface area contributed by atoms with Crippen LogP contribution < -0.4 is 15.8 Å². The van der Waals surface area contributed by atoms with Crippen molar-refractivity contribution in [2.45, 2.75) is 0 Å². The molecular weight excluding hydrogens is 292 g/mol. The van der Waals surface area contributed by atoms with Crippen LogP contribution in [-0.2, 0) is 0 Å². The minimum absolute atomic E-state index is 0.339. The molecule has 0 fully saturated rings. The maximum absolute atomic E-state index is 6.15. The van der Waals surface area contributed by atoms with Crippen molar-refractivity contribution in [3.63, 3.8) is 0 Å². The molecule has 2 aromatic carbocycles. The molecular formula is C15H15ClN2OS. The Balaban J connectivity index is 1.84. The number of hydrogen-bond donors (Lipinski definition) is 2. The van der Waals surface area contributed by atoms with E-state index in [0.29, 0.717) is 23.2 Å². The number of benzene rings is 2. The average Bonchev–Trinajstić information content (AvgIpc) is 2.46. The fraction of sp³-hybridized carbons (Fsp3) is 0.133. The number of hydrogen-bond acceptors (Lipinski definition) is 3. The van der Waals surface area contributed by atoms with Crippen molar-refractivity contribution in [3.05, 3.63) is 59.1 Å². The summed E-state index contributed by atoms with van der Waals surface area (Å²) < 4.78 is 5.58. The Morgan fingerprint density at radius 2 is 1.95 bits per heavy atom. The third kappa shape index (κ3) is 4.11. The van der Waals surface area contributed by atoms with Gasteiger partial charge in [-0.15, -0.1) is 0 Å². The number of anilines is 1. The molecule has 3 nitrogen and oxygen atoms in total. The van der Waals surface area contributed by atoms with Gasteiger partial charge in [-0.3, -0.25) is 0 Å². The van der Waals surface area contributed by atoms with Gasteiger partial charge < -0.3 is 15.8 Å². The van der Waals surface area contributed by atoms with Crippen LogP contribution in [0.1, 0.15) is 5.56 Å². The van der Waals surface area contributed by atoms with Gasteiger partial charge in [0.1, 0.15) is 17.3 Å². The van der Waals surface area contributed by atoms with Gasteiger partial charge in [0.2, 0.25) is 0 Å². The molecule has 0 saturated carbocycles. The molecule has 2 rings (SSSR count). The normalized spacial score (nSPS) is 10.1. The predicted molar refractivity (Wildman–Crippen MR) is 87.8 cm³/mol. The first-order valence-electron chi connectivity index (χ1n) is 6.18. The topological polar surface area (TPSA) is 47.3 Å². The second-order valence-corrected chi connectivity index (χ2v) is 4.99. The third-order valence-electron chi connectivity index (χ3n) is 2.68. The van der Waals surface area contributed by atoms with Crippen LogP contribution in [0.2, 0.25) is 5.02 Å². The number of nitrogens with one attached hydrogen (secondary N) is 1. The first-order valence-corrected chi connectivity index (χ1v) is 6.96. The maximum atomic E-state index is 6.15. The molecule has 0 aliphatic carbocycles. The van der Waals surface area contributed by atoms with E-state index in [9.17, 15) is 0 Å². The summed E-state index contributed by atoms with van der Waals surface area (Å²) in [7, 11) is 0. The van der Waals surface area contributed by atoms with Crippen molar-refractivity contribution in [1.29, 1.82) is 0 Å². The zero-order valence-corrected chi connectivity index (χ0v) is 12.4. The lowest BCUT2D eigenvalue weighted by Crippen LogP contribution is -2.13. The molecule has 20 heavy (non-hydrogen) atoms. The van der Waals surface area contributed by atoms with Crippen LogP contribution in [0.4, 0.5) is 5.69 Å². The Kier molecular flexibility index (Phi) is 5.21. The summed E-state index contributed by atoms with van der Waals surface area (Å²) in [5, 5.41) is 3.80. The molecule has 0 atom stereocenters. The van der Waals surface area contributed by atoms with Gasteiger partial charge in [0.25, 0.3) is 0 Å². The third-order valence-corrected chi connectivity index (χ3v) is 3.23. The van der Waals surface area contributed by atoms with E-state index in [1.54, 1.807) is 6.07 Å². The Morgan fingerprint density at radius 1 is 1.20 bits per heavy atom. The van der Waals surface area contributed by atoms with Crippen molar-refractivity contribution in [2.75, 3.05) is 18.5 Å². The van der Waals surface area contributed by atoms with E-state index >= 15 is 0 Å². The zero-order valence-electron chi connectivity index (χ0n) is 10.8. The average molecular weight is 307 g/mol. The van der Waals surface area contributed by atoms with E-state index < -0.39 is 0 Å². The quantitative estimate of drug-likeness (QED) is 0.634. The first kappa shape index (κ1) is 14.6. The number of nitrogens with two attached hydrogens (primary N) is 1. The van der Waals surface area contributed by atoms with Crippen LogP contribution in [0.3, 0.4) is 0 Å². The number of halogens is 1. The van der Waals surface area contributed by atoms with Gasteiger partial charge in [0.05, 0.1) is 10.7 Å². The summed E-state index contributed by atoms with van der Waals surface area (Å²) in [6, 6.07) is 15.1. The van der Waals surface area contributed by atoms with Crippen LogP contribution in [0.5, 0.6) is 5.75 Å². The summed E-state index contributed by atoms with van der Waals surface area (Å²) in [6.45, 7) is 1.21. The molecule has 0 heterocycles. The number of ether oxygens (including phenoxy) is 1. The molecule has 0 aliphatic rings.